The standard InChI is InChI=1S/C32H40FN3O5S/c1-32(2,3)34-31(38)29(22-24-12-7-6-8-13-24)35(23-25-14-9-10-15-28(25)33)30(37)16-11-21-36(42(5,39)40)26-17-19-27(41-4)20-18-26/h6-10,12-15,17-20,29H,11,16,21-23H2,1-5H3,(H,34,38). The molecule has 1 N–H and O–H groups in total. The average Bonchev–Trinajstić information content (AvgIpc) is 2.93. The summed E-state index contributed by atoms with van der Waals surface area (Å²) in [6.45, 7) is 5.49. The van der Waals surface area contributed by atoms with Crippen LogP contribution >= 0.6 is 0 Å². The highest BCUT2D eigenvalue weighted by atomic mass is 32.2. The maximum atomic E-state index is 14.8. The number of nitrogens with one attached hydrogen (secondary N) is 1. The number of methoxy groups -OCH3 is 1. The molecule has 0 saturated carbocycles. The molecule has 0 spiro atoms. The van der Waals surface area contributed by atoms with Crippen molar-refractivity contribution in [3.8, 4) is 5.75 Å². The Morgan fingerprint density at radius 1 is 0.952 bits per heavy atom. The molecule has 0 aliphatic rings. The number of anilines is 1. The lowest BCUT2D eigenvalue weighted by molar-refractivity contribution is -0.142. The van der Waals surface area contributed by atoms with Gasteiger partial charge in [-0.25, -0.2) is 12.8 Å². The van der Waals surface area contributed by atoms with Gasteiger partial charge in [0, 0.05) is 37.0 Å². The van der Waals surface area contributed by atoms with Crippen molar-refractivity contribution in [1.82, 2.24) is 10.2 Å². The van der Waals surface area contributed by atoms with E-state index in [2.05, 4.69) is 5.32 Å². The Morgan fingerprint density at radius 3 is 2.14 bits per heavy atom. The van der Waals surface area contributed by atoms with Crippen LogP contribution in [0.2, 0.25) is 0 Å². The average molecular weight is 598 g/mol. The Labute approximate surface area is 248 Å². The SMILES string of the molecule is COc1ccc(N(CCCC(=O)N(Cc2ccccc2F)C(Cc2ccccc2)C(=O)NC(C)(C)C)S(C)(=O)=O)cc1. The molecule has 1 unspecified atom stereocenters. The Morgan fingerprint density at radius 2 is 1.57 bits per heavy atom. The second-order valence-corrected chi connectivity index (χ2v) is 13.1. The van der Waals surface area contributed by atoms with Crippen LogP contribution in [0.5, 0.6) is 5.75 Å². The van der Waals surface area contributed by atoms with E-state index < -0.39 is 27.4 Å². The van der Waals surface area contributed by atoms with Crippen molar-refractivity contribution < 1.29 is 27.1 Å². The van der Waals surface area contributed by atoms with Gasteiger partial charge in [0.05, 0.1) is 19.1 Å². The minimum absolute atomic E-state index is 0.0436. The summed E-state index contributed by atoms with van der Waals surface area (Å²) in [7, 11) is -2.12. The lowest BCUT2D eigenvalue weighted by Crippen LogP contribution is -2.54. The van der Waals surface area contributed by atoms with Crippen molar-refractivity contribution in [2.24, 2.45) is 0 Å². The molecule has 10 heteroatoms. The first kappa shape index (κ1) is 32.6. The zero-order valence-electron chi connectivity index (χ0n) is 24.8. The monoisotopic (exact) mass is 597 g/mol. The van der Waals surface area contributed by atoms with E-state index in [1.54, 1.807) is 42.5 Å². The fourth-order valence-electron chi connectivity index (χ4n) is 4.57. The van der Waals surface area contributed by atoms with Crippen molar-refractivity contribution in [1.29, 1.82) is 0 Å². The third kappa shape index (κ3) is 9.58. The first-order valence-electron chi connectivity index (χ1n) is 13.8. The number of carbonyl (C=O) groups excluding carboxylic acids is 2. The Bertz CT molecular complexity index is 1440. The van der Waals surface area contributed by atoms with E-state index >= 15 is 0 Å². The van der Waals surface area contributed by atoms with Gasteiger partial charge in [0.25, 0.3) is 0 Å². The van der Waals surface area contributed by atoms with Gasteiger partial charge in [-0.1, -0.05) is 48.5 Å². The van der Waals surface area contributed by atoms with Gasteiger partial charge in [-0.15, -0.1) is 0 Å². The first-order valence-corrected chi connectivity index (χ1v) is 15.6. The second kappa shape index (κ2) is 14.3. The minimum Gasteiger partial charge on any atom is -0.497 e. The fourth-order valence-corrected chi connectivity index (χ4v) is 5.53. The number of amides is 2. The normalized spacial score (nSPS) is 12.3. The predicted molar refractivity (Wildman–Crippen MR) is 163 cm³/mol. The number of nitrogens with zero attached hydrogens (tertiary/aromatic N) is 2. The molecular weight excluding hydrogens is 557 g/mol. The van der Waals surface area contributed by atoms with Crippen LogP contribution in [-0.4, -0.2) is 56.6 Å². The number of halogens is 1. The maximum absolute atomic E-state index is 14.8. The van der Waals surface area contributed by atoms with Gasteiger partial charge in [0.2, 0.25) is 21.8 Å². The summed E-state index contributed by atoms with van der Waals surface area (Å²) in [6.07, 6.45) is 1.47. The van der Waals surface area contributed by atoms with Crippen LogP contribution in [-0.2, 0) is 32.6 Å². The highest BCUT2D eigenvalue weighted by Gasteiger charge is 2.32. The lowest BCUT2D eigenvalue weighted by atomic mass is 10.00. The van der Waals surface area contributed by atoms with E-state index in [0.717, 1.165) is 11.8 Å². The zero-order valence-corrected chi connectivity index (χ0v) is 25.7. The van der Waals surface area contributed by atoms with E-state index in [9.17, 15) is 22.4 Å². The molecule has 3 aromatic carbocycles. The van der Waals surface area contributed by atoms with E-state index in [4.69, 9.17) is 4.74 Å². The number of hydrogen-bond acceptors (Lipinski definition) is 5. The first-order chi connectivity index (χ1) is 19.8. The van der Waals surface area contributed by atoms with Gasteiger partial charge in [0.15, 0.2) is 0 Å². The highest BCUT2D eigenvalue weighted by molar-refractivity contribution is 7.92. The van der Waals surface area contributed by atoms with Crippen LogP contribution in [0.25, 0.3) is 0 Å². The third-order valence-electron chi connectivity index (χ3n) is 6.58. The van der Waals surface area contributed by atoms with Crippen LogP contribution in [0.15, 0.2) is 78.9 Å². The smallest absolute Gasteiger partial charge is 0.243 e. The molecule has 0 aliphatic carbocycles. The third-order valence-corrected chi connectivity index (χ3v) is 7.77. The van der Waals surface area contributed by atoms with Crippen LogP contribution in [0.1, 0.15) is 44.7 Å². The van der Waals surface area contributed by atoms with Crippen LogP contribution < -0.4 is 14.4 Å². The molecule has 0 radical (unpaired) electrons. The molecule has 0 aliphatic heterocycles. The van der Waals surface area contributed by atoms with E-state index in [1.165, 1.54) is 22.4 Å². The van der Waals surface area contributed by atoms with Gasteiger partial charge in [-0.3, -0.25) is 13.9 Å². The van der Waals surface area contributed by atoms with Crippen LogP contribution in [0.4, 0.5) is 10.1 Å². The van der Waals surface area contributed by atoms with Crippen molar-refractivity contribution in [2.75, 3.05) is 24.2 Å². The van der Waals surface area contributed by atoms with Gasteiger partial charge in [-0.05, 0) is 63.1 Å². The van der Waals surface area contributed by atoms with Crippen molar-refractivity contribution in [3.63, 3.8) is 0 Å². The number of benzene rings is 3. The van der Waals surface area contributed by atoms with E-state index in [0.29, 0.717) is 11.4 Å². The number of sulfonamides is 1. The Kier molecular flexibility index (Phi) is 11.1. The summed E-state index contributed by atoms with van der Waals surface area (Å²) in [5.74, 6) is -0.629. The topological polar surface area (TPSA) is 96.0 Å². The fraction of sp³-hybridized carbons (Fsp3) is 0.375. The number of ether oxygens (including phenoxy) is 1. The maximum Gasteiger partial charge on any atom is 0.243 e. The van der Waals surface area contributed by atoms with Gasteiger partial charge < -0.3 is 15.0 Å². The molecule has 0 aromatic heterocycles. The van der Waals surface area contributed by atoms with Crippen LogP contribution in [0, 0.1) is 5.82 Å². The predicted octanol–water partition coefficient (Wildman–Crippen LogP) is 4.94. The molecule has 1 atom stereocenters. The summed E-state index contributed by atoms with van der Waals surface area (Å²) >= 11 is 0. The molecule has 8 nitrogen and oxygen atoms in total. The summed E-state index contributed by atoms with van der Waals surface area (Å²) < 4.78 is 46.4. The number of carbonyl (C=O) groups is 2. The molecular formula is C32H40FN3O5S. The van der Waals surface area contributed by atoms with Crippen molar-refractivity contribution in [3.05, 3.63) is 95.8 Å². The van der Waals surface area contributed by atoms with Gasteiger partial charge >= 0.3 is 0 Å². The summed E-state index contributed by atoms with van der Waals surface area (Å²) in [5.41, 5.74) is 1.01. The largest absolute Gasteiger partial charge is 0.497 e. The molecule has 0 heterocycles. The molecule has 42 heavy (non-hydrogen) atoms. The Hall–Kier alpha value is -3.92. The molecule has 3 aromatic rings. The summed E-state index contributed by atoms with van der Waals surface area (Å²) in [6, 6.07) is 21.2. The summed E-state index contributed by atoms with van der Waals surface area (Å²) in [4.78, 5) is 28.9. The summed E-state index contributed by atoms with van der Waals surface area (Å²) in [5, 5.41) is 2.98. The Balaban J connectivity index is 1.90. The lowest BCUT2D eigenvalue weighted by Gasteiger charge is -2.34. The molecule has 226 valence electrons. The van der Waals surface area contributed by atoms with Crippen LogP contribution in [0.3, 0.4) is 0 Å². The highest BCUT2D eigenvalue weighted by Crippen LogP contribution is 2.23. The molecule has 2 amide bonds. The molecule has 0 saturated heterocycles. The zero-order chi connectivity index (χ0) is 30.9. The number of hydrogen-bond donors (Lipinski definition) is 1. The van der Waals surface area contributed by atoms with Gasteiger partial charge in [-0.2, -0.15) is 0 Å². The minimum atomic E-state index is -3.65. The van der Waals surface area contributed by atoms with E-state index in [-0.39, 0.29) is 49.7 Å². The number of rotatable bonds is 13. The van der Waals surface area contributed by atoms with Gasteiger partial charge in [0.1, 0.15) is 17.6 Å². The van der Waals surface area contributed by atoms with Crippen molar-refractivity contribution in [2.45, 2.75) is 58.2 Å². The molecule has 3 rings (SSSR count). The quantitative estimate of drug-likeness (QED) is 0.301. The molecule has 0 fully saturated rings. The van der Waals surface area contributed by atoms with E-state index in [1.807, 2.05) is 51.1 Å². The second-order valence-electron chi connectivity index (χ2n) is 11.2. The molecule has 0 bridgehead atoms. The van der Waals surface area contributed by atoms with Crippen molar-refractivity contribution >= 4 is 27.5 Å².